The first-order valence-electron chi connectivity index (χ1n) is 8.27. The first-order valence-corrected chi connectivity index (χ1v) is 8.27. The second-order valence-electron chi connectivity index (χ2n) is 6.57. The zero-order valence-corrected chi connectivity index (χ0v) is 12.5. The van der Waals surface area contributed by atoms with Crippen molar-refractivity contribution in [1.82, 2.24) is 10.2 Å². The van der Waals surface area contributed by atoms with Gasteiger partial charge in [0.05, 0.1) is 0 Å². The van der Waals surface area contributed by atoms with Crippen molar-refractivity contribution in [2.24, 2.45) is 5.92 Å². The fraction of sp³-hybridized carbons (Fsp3) is 1.00. The molecule has 0 aromatic carbocycles. The van der Waals surface area contributed by atoms with E-state index in [-0.39, 0.29) is 0 Å². The van der Waals surface area contributed by atoms with Crippen LogP contribution >= 0.6 is 0 Å². The highest BCUT2D eigenvalue weighted by atomic mass is 15.2. The number of nitrogens with zero attached hydrogens (tertiary/aromatic N) is 1. The lowest BCUT2D eigenvalue weighted by molar-refractivity contribution is 0.116. The SMILES string of the molecule is CCCN(CC1CCCCN1)C1CCCC(C)C1. The molecule has 2 nitrogen and oxygen atoms in total. The molecule has 3 unspecified atom stereocenters. The van der Waals surface area contributed by atoms with E-state index in [0.29, 0.717) is 0 Å². The van der Waals surface area contributed by atoms with Crippen molar-refractivity contribution < 1.29 is 0 Å². The maximum atomic E-state index is 3.72. The highest BCUT2D eigenvalue weighted by Gasteiger charge is 2.26. The Kier molecular flexibility index (Phi) is 5.97. The van der Waals surface area contributed by atoms with Gasteiger partial charge < -0.3 is 5.32 Å². The van der Waals surface area contributed by atoms with Gasteiger partial charge in [0.25, 0.3) is 0 Å². The van der Waals surface area contributed by atoms with E-state index in [9.17, 15) is 0 Å². The average Bonchev–Trinajstić information content (AvgIpc) is 2.39. The van der Waals surface area contributed by atoms with Gasteiger partial charge in [0, 0.05) is 18.6 Å². The monoisotopic (exact) mass is 252 g/mol. The molecular formula is C16H32N2. The van der Waals surface area contributed by atoms with Gasteiger partial charge in [-0.15, -0.1) is 0 Å². The Morgan fingerprint density at radius 2 is 2.00 bits per heavy atom. The van der Waals surface area contributed by atoms with Crippen LogP contribution in [0.2, 0.25) is 0 Å². The summed E-state index contributed by atoms with van der Waals surface area (Å²) in [5, 5.41) is 3.72. The molecular weight excluding hydrogens is 220 g/mol. The van der Waals surface area contributed by atoms with E-state index in [2.05, 4.69) is 24.1 Å². The molecule has 0 aromatic rings. The summed E-state index contributed by atoms with van der Waals surface area (Å²) in [6.45, 7) is 8.61. The summed E-state index contributed by atoms with van der Waals surface area (Å²) >= 11 is 0. The number of rotatable bonds is 5. The molecule has 0 amide bonds. The predicted octanol–water partition coefficient (Wildman–Crippen LogP) is 3.42. The van der Waals surface area contributed by atoms with Gasteiger partial charge in [-0.25, -0.2) is 0 Å². The third-order valence-corrected chi connectivity index (χ3v) is 4.80. The summed E-state index contributed by atoms with van der Waals surface area (Å²) in [6.07, 6.45) is 11.3. The molecule has 0 bridgehead atoms. The minimum Gasteiger partial charge on any atom is -0.313 e. The Morgan fingerprint density at radius 3 is 2.67 bits per heavy atom. The molecule has 0 spiro atoms. The van der Waals surface area contributed by atoms with Crippen molar-refractivity contribution in [2.75, 3.05) is 19.6 Å². The minimum absolute atomic E-state index is 0.766. The zero-order valence-electron chi connectivity index (χ0n) is 12.5. The third-order valence-electron chi connectivity index (χ3n) is 4.80. The summed E-state index contributed by atoms with van der Waals surface area (Å²) in [5.41, 5.74) is 0. The van der Waals surface area contributed by atoms with Crippen LogP contribution in [-0.4, -0.2) is 36.6 Å². The molecule has 106 valence electrons. The Hall–Kier alpha value is -0.0800. The van der Waals surface area contributed by atoms with Crippen molar-refractivity contribution in [2.45, 2.75) is 77.3 Å². The highest BCUT2D eigenvalue weighted by molar-refractivity contribution is 4.83. The van der Waals surface area contributed by atoms with E-state index in [0.717, 1.165) is 18.0 Å². The van der Waals surface area contributed by atoms with E-state index in [1.54, 1.807) is 0 Å². The zero-order chi connectivity index (χ0) is 12.8. The van der Waals surface area contributed by atoms with Gasteiger partial charge in [-0.05, 0) is 51.1 Å². The average molecular weight is 252 g/mol. The summed E-state index contributed by atoms with van der Waals surface area (Å²) in [4.78, 5) is 2.80. The van der Waals surface area contributed by atoms with Crippen molar-refractivity contribution in [3.8, 4) is 0 Å². The van der Waals surface area contributed by atoms with E-state index in [1.165, 1.54) is 71.0 Å². The molecule has 2 fully saturated rings. The van der Waals surface area contributed by atoms with Gasteiger partial charge in [0.1, 0.15) is 0 Å². The lowest BCUT2D eigenvalue weighted by Crippen LogP contribution is -2.48. The topological polar surface area (TPSA) is 15.3 Å². The molecule has 1 saturated carbocycles. The second kappa shape index (κ2) is 7.49. The van der Waals surface area contributed by atoms with Gasteiger partial charge in [0.15, 0.2) is 0 Å². The summed E-state index contributed by atoms with van der Waals surface area (Å²) in [6, 6.07) is 1.64. The molecule has 1 aliphatic carbocycles. The molecule has 3 atom stereocenters. The van der Waals surface area contributed by atoms with Crippen LogP contribution in [0.5, 0.6) is 0 Å². The largest absolute Gasteiger partial charge is 0.313 e. The Labute approximate surface area is 114 Å². The van der Waals surface area contributed by atoms with Crippen LogP contribution in [0, 0.1) is 5.92 Å². The predicted molar refractivity (Wildman–Crippen MR) is 78.9 cm³/mol. The molecule has 1 heterocycles. The van der Waals surface area contributed by atoms with Crippen LogP contribution in [0.25, 0.3) is 0 Å². The van der Waals surface area contributed by atoms with Crippen molar-refractivity contribution in [3.05, 3.63) is 0 Å². The standard InChI is InChI=1S/C16H32N2/c1-3-11-18(13-15-8-4-5-10-17-15)16-9-6-7-14(2)12-16/h14-17H,3-13H2,1-2H3. The van der Waals surface area contributed by atoms with E-state index in [4.69, 9.17) is 0 Å². The van der Waals surface area contributed by atoms with Crippen molar-refractivity contribution >= 4 is 0 Å². The number of piperidine rings is 1. The molecule has 2 heteroatoms. The van der Waals surface area contributed by atoms with Crippen LogP contribution in [0.4, 0.5) is 0 Å². The summed E-state index contributed by atoms with van der Waals surface area (Å²) in [5.74, 6) is 0.947. The maximum Gasteiger partial charge on any atom is 0.0195 e. The molecule has 18 heavy (non-hydrogen) atoms. The smallest absolute Gasteiger partial charge is 0.0195 e. The number of nitrogens with one attached hydrogen (secondary N) is 1. The molecule has 2 rings (SSSR count). The summed E-state index contributed by atoms with van der Waals surface area (Å²) < 4.78 is 0. The summed E-state index contributed by atoms with van der Waals surface area (Å²) in [7, 11) is 0. The number of hydrogen-bond donors (Lipinski definition) is 1. The molecule has 1 aliphatic heterocycles. The van der Waals surface area contributed by atoms with Gasteiger partial charge in [0.2, 0.25) is 0 Å². The Morgan fingerprint density at radius 1 is 1.11 bits per heavy atom. The highest BCUT2D eigenvalue weighted by Crippen LogP contribution is 2.28. The normalized spacial score (nSPS) is 33.8. The molecule has 0 radical (unpaired) electrons. The van der Waals surface area contributed by atoms with Crippen LogP contribution in [0.3, 0.4) is 0 Å². The minimum atomic E-state index is 0.766. The van der Waals surface area contributed by atoms with Gasteiger partial charge in [-0.1, -0.05) is 33.1 Å². The van der Waals surface area contributed by atoms with Crippen molar-refractivity contribution in [3.63, 3.8) is 0 Å². The van der Waals surface area contributed by atoms with Crippen LogP contribution in [0.15, 0.2) is 0 Å². The lowest BCUT2D eigenvalue weighted by Gasteiger charge is -2.39. The fourth-order valence-electron chi connectivity index (χ4n) is 3.81. The molecule has 1 saturated heterocycles. The lowest BCUT2D eigenvalue weighted by atomic mass is 9.86. The van der Waals surface area contributed by atoms with Gasteiger partial charge in [-0.2, -0.15) is 0 Å². The Balaban J connectivity index is 1.85. The molecule has 0 aromatic heterocycles. The van der Waals surface area contributed by atoms with Gasteiger partial charge in [-0.3, -0.25) is 4.90 Å². The van der Waals surface area contributed by atoms with Gasteiger partial charge >= 0.3 is 0 Å². The molecule has 2 aliphatic rings. The van der Waals surface area contributed by atoms with Crippen LogP contribution < -0.4 is 5.32 Å². The van der Waals surface area contributed by atoms with E-state index < -0.39 is 0 Å². The van der Waals surface area contributed by atoms with E-state index >= 15 is 0 Å². The quantitative estimate of drug-likeness (QED) is 0.806. The first-order chi connectivity index (χ1) is 8.79. The fourth-order valence-corrected chi connectivity index (χ4v) is 3.81. The maximum absolute atomic E-state index is 3.72. The molecule has 1 N–H and O–H groups in total. The first kappa shape index (κ1) is 14.3. The second-order valence-corrected chi connectivity index (χ2v) is 6.57. The number of hydrogen-bond acceptors (Lipinski definition) is 2. The third kappa shape index (κ3) is 4.24. The van der Waals surface area contributed by atoms with E-state index in [1.807, 2.05) is 0 Å². The van der Waals surface area contributed by atoms with Crippen molar-refractivity contribution in [1.29, 1.82) is 0 Å². The van der Waals surface area contributed by atoms with Crippen LogP contribution in [0.1, 0.15) is 65.2 Å². The van der Waals surface area contributed by atoms with Crippen LogP contribution in [-0.2, 0) is 0 Å². The Bertz CT molecular complexity index is 223.